The molecule has 1 fully saturated rings. The number of nitrogens with zero attached hydrogens (tertiary/aromatic N) is 1. The van der Waals surface area contributed by atoms with Crippen LogP contribution in [-0.2, 0) is 11.2 Å². The third kappa shape index (κ3) is 3.30. The van der Waals surface area contributed by atoms with Gasteiger partial charge in [-0.25, -0.2) is 0 Å². The van der Waals surface area contributed by atoms with E-state index in [0.717, 1.165) is 9.78 Å². The number of ether oxygens (including phenoxy) is 1. The van der Waals surface area contributed by atoms with Crippen LogP contribution >= 0.6 is 0 Å². The molecule has 1 aromatic heterocycles. The Kier molecular flexibility index (Phi) is 5.40. The Balaban J connectivity index is 2.35. The van der Waals surface area contributed by atoms with E-state index in [0.29, 0.717) is 12.0 Å². The Bertz CT molecular complexity index is 600. The number of aliphatic hydroxyl groups excluding tert-OH is 3. The van der Waals surface area contributed by atoms with E-state index < -0.39 is 42.4 Å². The van der Waals surface area contributed by atoms with Crippen LogP contribution in [0, 0.1) is 0 Å². The molecule has 21 heavy (non-hydrogen) atoms. The first kappa shape index (κ1) is 16.4. The van der Waals surface area contributed by atoms with E-state index in [-0.39, 0.29) is 15.8 Å². The molecular formula is C12H19AsN2O6. The zero-order valence-corrected chi connectivity index (χ0v) is 13.6. The Morgan fingerprint density at radius 2 is 2.10 bits per heavy atom. The monoisotopic (exact) mass is 362 g/mol. The van der Waals surface area contributed by atoms with Crippen LogP contribution in [0.1, 0.15) is 11.8 Å². The fourth-order valence-corrected chi connectivity index (χ4v) is 3.35. The molecule has 8 nitrogen and oxygen atoms in total. The molecular weight excluding hydrogens is 343 g/mol. The van der Waals surface area contributed by atoms with E-state index in [2.05, 4.69) is 10.7 Å². The van der Waals surface area contributed by atoms with Crippen molar-refractivity contribution in [1.82, 2.24) is 9.55 Å². The van der Waals surface area contributed by atoms with E-state index in [1.807, 2.05) is 0 Å². The third-order valence-corrected chi connectivity index (χ3v) is 5.05. The van der Waals surface area contributed by atoms with Gasteiger partial charge in [0.05, 0.1) is 0 Å². The zero-order valence-electron chi connectivity index (χ0n) is 11.5. The first-order valence-electron chi connectivity index (χ1n) is 6.61. The van der Waals surface area contributed by atoms with Crippen LogP contribution in [0.2, 0.25) is 10.9 Å². The predicted octanol–water partition coefficient (Wildman–Crippen LogP) is -2.41. The van der Waals surface area contributed by atoms with Gasteiger partial charge in [-0.05, 0) is 0 Å². The van der Waals surface area contributed by atoms with Crippen LogP contribution in [0.25, 0.3) is 0 Å². The molecule has 0 spiro atoms. The molecule has 1 aliphatic rings. The van der Waals surface area contributed by atoms with Crippen molar-refractivity contribution >= 4 is 15.8 Å². The molecule has 1 aromatic rings. The van der Waals surface area contributed by atoms with Crippen LogP contribution in [0.4, 0.5) is 0 Å². The van der Waals surface area contributed by atoms with Crippen LogP contribution in [0.15, 0.2) is 15.8 Å². The predicted molar refractivity (Wildman–Crippen MR) is 75.9 cm³/mol. The normalized spacial score (nSPS) is 29.5. The van der Waals surface area contributed by atoms with Gasteiger partial charge in [0.1, 0.15) is 0 Å². The molecule has 1 unspecified atom stereocenters. The molecule has 0 aliphatic carbocycles. The molecule has 2 heterocycles. The Labute approximate surface area is 127 Å². The maximum absolute atomic E-state index is 11.9. The molecule has 118 valence electrons. The molecule has 5 atom stereocenters. The van der Waals surface area contributed by atoms with E-state index in [1.165, 1.54) is 6.20 Å². The standard InChI is InChI=1S/C12H19AsN2O6/c1-13-3-2-6-4-15(12(20)14-10(6)19)11-9(18)8(17)7(5-16)21-11/h4,7-9,11,13,16-18H,2-3,5H2,1H3,(H,14,19,20)/t7-,8-,9-,11-/m1/s1. The zero-order chi connectivity index (χ0) is 15.6. The van der Waals surface area contributed by atoms with Gasteiger partial charge in [0.2, 0.25) is 0 Å². The SMILES string of the molecule is C[AsH]CCc1cn([C@@H]2O[C@H](CO)[C@@H](O)[C@H]2O)c(=O)[nH]c1=O. The minimum atomic E-state index is -1.35. The van der Waals surface area contributed by atoms with Gasteiger partial charge in [-0.2, -0.15) is 0 Å². The van der Waals surface area contributed by atoms with Crippen molar-refractivity contribution in [3.8, 4) is 0 Å². The summed E-state index contributed by atoms with van der Waals surface area (Å²) in [5.74, 6) is 0. The van der Waals surface area contributed by atoms with Gasteiger partial charge in [0, 0.05) is 0 Å². The second-order valence-electron chi connectivity index (χ2n) is 4.90. The summed E-state index contributed by atoms with van der Waals surface area (Å²) in [6.07, 6.45) is -2.81. The van der Waals surface area contributed by atoms with Gasteiger partial charge < -0.3 is 0 Å². The Hall–Kier alpha value is -0.922. The molecule has 0 aromatic carbocycles. The van der Waals surface area contributed by atoms with Crippen LogP contribution in [-0.4, -0.2) is 65.5 Å². The summed E-state index contributed by atoms with van der Waals surface area (Å²) in [4.78, 5) is 25.8. The maximum atomic E-state index is 11.9. The number of nitrogens with one attached hydrogen (secondary N) is 1. The number of aliphatic hydroxyl groups is 3. The van der Waals surface area contributed by atoms with Gasteiger partial charge in [-0.15, -0.1) is 0 Å². The Morgan fingerprint density at radius 3 is 2.67 bits per heavy atom. The summed E-state index contributed by atoms with van der Waals surface area (Å²) in [6, 6.07) is 0. The van der Waals surface area contributed by atoms with Crippen molar-refractivity contribution in [3.63, 3.8) is 0 Å². The molecule has 0 amide bonds. The van der Waals surface area contributed by atoms with Gasteiger partial charge in [-0.1, -0.05) is 0 Å². The number of hydrogen-bond acceptors (Lipinski definition) is 6. The number of rotatable bonds is 5. The number of aromatic nitrogens is 2. The van der Waals surface area contributed by atoms with E-state index >= 15 is 0 Å². The topological polar surface area (TPSA) is 125 Å². The molecule has 1 aliphatic heterocycles. The van der Waals surface area contributed by atoms with Gasteiger partial charge in [0.15, 0.2) is 0 Å². The molecule has 4 N–H and O–H groups in total. The number of H-pyrrole nitrogens is 1. The van der Waals surface area contributed by atoms with Crippen molar-refractivity contribution in [2.75, 3.05) is 6.61 Å². The summed E-state index contributed by atoms with van der Waals surface area (Å²) >= 11 is -0.0997. The molecule has 0 radical (unpaired) electrons. The van der Waals surface area contributed by atoms with Crippen LogP contribution in [0.3, 0.4) is 0 Å². The Morgan fingerprint density at radius 1 is 1.38 bits per heavy atom. The summed E-state index contributed by atoms with van der Waals surface area (Å²) in [6.45, 7) is -0.472. The van der Waals surface area contributed by atoms with Gasteiger partial charge >= 0.3 is 126 Å². The number of hydrogen-bond donors (Lipinski definition) is 4. The molecule has 1 saturated heterocycles. The van der Waals surface area contributed by atoms with Crippen LogP contribution < -0.4 is 11.2 Å². The average molecular weight is 362 g/mol. The van der Waals surface area contributed by atoms with Crippen LogP contribution in [0.5, 0.6) is 0 Å². The molecule has 9 heteroatoms. The first-order valence-corrected chi connectivity index (χ1v) is 10.2. The van der Waals surface area contributed by atoms with Crippen molar-refractivity contribution in [1.29, 1.82) is 0 Å². The average Bonchev–Trinajstić information content (AvgIpc) is 2.74. The third-order valence-electron chi connectivity index (χ3n) is 3.48. The van der Waals surface area contributed by atoms with Crippen molar-refractivity contribution in [3.05, 3.63) is 32.6 Å². The summed E-state index contributed by atoms with van der Waals surface area (Å²) in [7, 11) is 0. The number of aryl methyl sites for hydroxylation is 1. The molecule has 2 rings (SSSR count). The quantitative estimate of drug-likeness (QED) is 0.433. The second-order valence-corrected chi connectivity index (χ2v) is 7.44. The fraction of sp³-hybridized carbons (Fsp3) is 0.667. The summed E-state index contributed by atoms with van der Waals surface area (Å²) < 4.78 is 6.37. The summed E-state index contributed by atoms with van der Waals surface area (Å²) in [5.41, 5.74) is 1.39. The summed E-state index contributed by atoms with van der Waals surface area (Å²) in [5, 5.41) is 29.6. The van der Waals surface area contributed by atoms with Gasteiger partial charge in [-0.3, -0.25) is 0 Å². The van der Waals surface area contributed by atoms with Crippen molar-refractivity contribution in [2.24, 2.45) is 0 Å². The first-order chi connectivity index (χ1) is 9.99. The van der Waals surface area contributed by atoms with Crippen molar-refractivity contribution in [2.45, 2.75) is 41.9 Å². The molecule has 0 saturated carbocycles. The van der Waals surface area contributed by atoms with E-state index in [9.17, 15) is 19.8 Å². The number of aromatic amines is 1. The minimum absolute atomic E-state index is 0.0997. The fourth-order valence-electron chi connectivity index (χ4n) is 2.26. The molecule has 0 bridgehead atoms. The second kappa shape index (κ2) is 6.89. The van der Waals surface area contributed by atoms with Gasteiger partial charge in [0.25, 0.3) is 0 Å². The van der Waals surface area contributed by atoms with E-state index in [1.54, 1.807) is 0 Å². The van der Waals surface area contributed by atoms with E-state index in [4.69, 9.17) is 9.84 Å². The van der Waals surface area contributed by atoms with Crippen molar-refractivity contribution < 1.29 is 20.1 Å².